The van der Waals surface area contributed by atoms with Crippen LogP contribution in [0.25, 0.3) is 0 Å². The molecule has 0 fully saturated rings. The van der Waals surface area contributed by atoms with E-state index in [2.05, 4.69) is 15.5 Å². The first-order chi connectivity index (χ1) is 5.58. The summed E-state index contributed by atoms with van der Waals surface area (Å²) < 4.78 is 0. The first-order valence-electron chi connectivity index (χ1n) is 3.88. The van der Waals surface area contributed by atoms with Gasteiger partial charge < -0.3 is 11.1 Å². The van der Waals surface area contributed by atoms with Crippen molar-refractivity contribution < 1.29 is 0 Å². The van der Waals surface area contributed by atoms with Crippen LogP contribution in [0.15, 0.2) is 18.3 Å². The summed E-state index contributed by atoms with van der Waals surface area (Å²) in [5.41, 5.74) is 5.55. The molecule has 0 spiro atoms. The van der Waals surface area contributed by atoms with Crippen molar-refractivity contribution in [3.63, 3.8) is 0 Å². The minimum absolute atomic E-state index is 0.225. The van der Waals surface area contributed by atoms with Crippen LogP contribution in [0.1, 0.15) is 13.8 Å². The number of hydrogen-bond donors (Lipinski definition) is 2. The molecule has 1 heterocycles. The van der Waals surface area contributed by atoms with Crippen LogP contribution in [0.2, 0.25) is 0 Å². The Hall–Kier alpha value is -1.16. The molecule has 0 amide bonds. The van der Waals surface area contributed by atoms with Crippen LogP contribution in [0, 0.1) is 0 Å². The number of nitrogens with zero attached hydrogens (tertiary/aromatic N) is 2. The molecular weight excluding hydrogens is 152 g/mol. The van der Waals surface area contributed by atoms with E-state index in [0.717, 1.165) is 5.82 Å². The number of nitrogens with two attached hydrogens (primary N) is 1. The summed E-state index contributed by atoms with van der Waals surface area (Å²) in [7, 11) is 0. The molecule has 0 saturated heterocycles. The third kappa shape index (κ3) is 3.30. The first kappa shape index (κ1) is 8.93. The smallest absolute Gasteiger partial charge is 0.148 e. The normalized spacial score (nSPS) is 11.2. The number of hydrogen-bond acceptors (Lipinski definition) is 4. The van der Waals surface area contributed by atoms with Gasteiger partial charge in [-0.1, -0.05) is 0 Å². The number of anilines is 1. The third-order valence-corrected chi connectivity index (χ3v) is 1.30. The Bertz CT molecular complexity index is 227. The minimum Gasteiger partial charge on any atom is -0.367 e. The summed E-state index contributed by atoms with van der Waals surface area (Å²) in [6.45, 7) is 4.60. The maximum Gasteiger partial charge on any atom is 0.148 e. The Kier molecular flexibility index (Phi) is 2.60. The summed E-state index contributed by atoms with van der Waals surface area (Å²) in [6, 6.07) is 3.69. The zero-order valence-corrected chi connectivity index (χ0v) is 7.41. The van der Waals surface area contributed by atoms with Crippen molar-refractivity contribution in [2.24, 2.45) is 5.73 Å². The molecule has 0 aliphatic heterocycles. The quantitative estimate of drug-likeness (QED) is 0.691. The van der Waals surface area contributed by atoms with E-state index in [1.807, 2.05) is 26.0 Å². The van der Waals surface area contributed by atoms with Crippen LogP contribution in [-0.4, -0.2) is 22.3 Å². The maximum atomic E-state index is 5.77. The van der Waals surface area contributed by atoms with Crippen LogP contribution < -0.4 is 11.1 Å². The van der Waals surface area contributed by atoms with E-state index in [-0.39, 0.29) is 5.54 Å². The molecule has 0 atom stereocenters. The van der Waals surface area contributed by atoms with Gasteiger partial charge in [0.1, 0.15) is 5.82 Å². The molecular formula is C8H14N4. The monoisotopic (exact) mass is 166 g/mol. The average molecular weight is 166 g/mol. The van der Waals surface area contributed by atoms with Gasteiger partial charge in [-0.25, -0.2) is 0 Å². The lowest BCUT2D eigenvalue weighted by molar-refractivity contribution is 0.548. The Morgan fingerprint density at radius 1 is 1.58 bits per heavy atom. The zero-order valence-electron chi connectivity index (χ0n) is 7.41. The molecule has 0 aliphatic rings. The first-order valence-corrected chi connectivity index (χ1v) is 3.88. The lowest BCUT2D eigenvalue weighted by atomic mass is 10.1. The summed E-state index contributed by atoms with van der Waals surface area (Å²) in [5, 5.41) is 10.7. The number of rotatable bonds is 3. The minimum atomic E-state index is -0.225. The van der Waals surface area contributed by atoms with Crippen molar-refractivity contribution in [2.45, 2.75) is 19.4 Å². The fraction of sp³-hybridized carbons (Fsp3) is 0.500. The summed E-state index contributed by atoms with van der Waals surface area (Å²) >= 11 is 0. The Labute approximate surface area is 72.2 Å². The maximum absolute atomic E-state index is 5.77. The summed E-state index contributed by atoms with van der Waals surface area (Å²) in [6.07, 6.45) is 1.64. The van der Waals surface area contributed by atoms with Gasteiger partial charge in [0.05, 0.1) is 0 Å². The van der Waals surface area contributed by atoms with Gasteiger partial charge >= 0.3 is 0 Å². The van der Waals surface area contributed by atoms with Gasteiger partial charge in [0, 0.05) is 18.3 Å². The van der Waals surface area contributed by atoms with E-state index in [0.29, 0.717) is 6.54 Å². The summed E-state index contributed by atoms with van der Waals surface area (Å²) in [5.74, 6) is 0.760. The van der Waals surface area contributed by atoms with Gasteiger partial charge in [-0.2, -0.15) is 5.10 Å². The second-order valence-corrected chi connectivity index (χ2v) is 3.45. The molecule has 4 heteroatoms. The highest BCUT2D eigenvalue weighted by atomic mass is 15.2. The van der Waals surface area contributed by atoms with Crippen LogP contribution in [-0.2, 0) is 0 Å². The van der Waals surface area contributed by atoms with Crippen LogP contribution in [0.3, 0.4) is 0 Å². The molecule has 0 saturated carbocycles. The van der Waals surface area contributed by atoms with Crippen LogP contribution in [0.4, 0.5) is 5.82 Å². The third-order valence-electron chi connectivity index (χ3n) is 1.30. The molecule has 0 aromatic carbocycles. The van der Waals surface area contributed by atoms with E-state index in [4.69, 9.17) is 5.73 Å². The molecule has 0 aliphatic carbocycles. The highest BCUT2D eigenvalue weighted by Crippen LogP contribution is 2.01. The number of nitrogens with one attached hydrogen (secondary N) is 1. The van der Waals surface area contributed by atoms with Gasteiger partial charge in [-0.15, -0.1) is 5.10 Å². The van der Waals surface area contributed by atoms with Crippen molar-refractivity contribution in [3.05, 3.63) is 18.3 Å². The lowest BCUT2D eigenvalue weighted by Gasteiger charge is -2.18. The second-order valence-electron chi connectivity index (χ2n) is 3.45. The fourth-order valence-electron chi connectivity index (χ4n) is 0.714. The molecule has 1 aromatic rings. The highest BCUT2D eigenvalue weighted by molar-refractivity contribution is 5.31. The Morgan fingerprint density at radius 2 is 2.33 bits per heavy atom. The van der Waals surface area contributed by atoms with E-state index in [1.54, 1.807) is 6.20 Å². The molecule has 0 bridgehead atoms. The van der Waals surface area contributed by atoms with Gasteiger partial charge in [-0.3, -0.25) is 0 Å². The predicted molar refractivity (Wildman–Crippen MR) is 48.8 cm³/mol. The topological polar surface area (TPSA) is 63.8 Å². The van der Waals surface area contributed by atoms with Gasteiger partial charge in [0.15, 0.2) is 0 Å². The molecule has 0 radical (unpaired) electrons. The SMILES string of the molecule is CC(C)(N)CNc1cccnn1. The highest BCUT2D eigenvalue weighted by Gasteiger charge is 2.09. The molecule has 66 valence electrons. The Morgan fingerprint density at radius 3 is 2.83 bits per heavy atom. The molecule has 4 nitrogen and oxygen atoms in total. The number of aromatic nitrogens is 2. The van der Waals surface area contributed by atoms with E-state index in [9.17, 15) is 0 Å². The lowest BCUT2D eigenvalue weighted by Crippen LogP contribution is -2.39. The van der Waals surface area contributed by atoms with Crippen LogP contribution in [0.5, 0.6) is 0 Å². The van der Waals surface area contributed by atoms with Gasteiger partial charge in [0.25, 0.3) is 0 Å². The molecule has 1 rings (SSSR count). The standard InChI is InChI=1S/C8H14N4/c1-8(2,9)6-10-7-4-3-5-11-12-7/h3-5H,6,9H2,1-2H3,(H,10,12). The second kappa shape index (κ2) is 3.49. The van der Waals surface area contributed by atoms with E-state index >= 15 is 0 Å². The Balaban J connectivity index is 2.44. The molecule has 3 N–H and O–H groups in total. The zero-order chi connectivity index (χ0) is 9.03. The molecule has 12 heavy (non-hydrogen) atoms. The largest absolute Gasteiger partial charge is 0.367 e. The predicted octanol–water partition coefficient (Wildman–Crippen LogP) is 0.626. The van der Waals surface area contributed by atoms with E-state index < -0.39 is 0 Å². The fourth-order valence-corrected chi connectivity index (χ4v) is 0.714. The van der Waals surface area contributed by atoms with Crippen molar-refractivity contribution in [2.75, 3.05) is 11.9 Å². The van der Waals surface area contributed by atoms with Crippen molar-refractivity contribution in [1.29, 1.82) is 0 Å². The van der Waals surface area contributed by atoms with E-state index in [1.165, 1.54) is 0 Å². The average Bonchev–Trinajstić information content (AvgIpc) is 2.02. The molecule has 1 aromatic heterocycles. The molecule has 0 unspecified atom stereocenters. The van der Waals surface area contributed by atoms with Crippen molar-refractivity contribution in [3.8, 4) is 0 Å². The van der Waals surface area contributed by atoms with Crippen molar-refractivity contribution >= 4 is 5.82 Å². The van der Waals surface area contributed by atoms with Crippen LogP contribution >= 0.6 is 0 Å². The van der Waals surface area contributed by atoms with Crippen molar-refractivity contribution in [1.82, 2.24) is 10.2 Å². The van der Waals surface area contributed by atoms with Gasteiger partial charge in [0.2, 0.25) is 0 Å². The van der Waals surface area contributed by atoms with Gasteiger partial charge in [-0.05, 0) is 26.0 Å². The summed E-state index contributed by atoms with van der Waals surface area (Å²) in [4.78, 5) is 0.